The molecule has 2 rings (SSSR count). The van der Waals surface area contributed by atoms with Gasteiger partial charge in [-0.15, -0.1) is 0 Å². The fraction of sp³-hybridized carbons (Fsp3) is 0.684. The minimum atomic E-state index is -0.0975. The van der Waals surface area contributed by atoms with Crippen LogP contribution in [0.15, 0.2) is 18.3 Å². The van der Waals surface area contributed by atoms with Crippen molar-refractivity contribution in [1.29, 1.82) is 0 Å². The molecule has 1 aromatic rings. The Morgan fingerprint density at radius 1 is 1.32 bits per heavy atom. The van der Waals surface area contributed by atoms with Gasteiger partial charge < -0.3 is 20.3 Å². The summed E-state index contributed by atoms with van der Waals surface area (Å²) in [5.74, 6) is 1.52. The quantitative estimate of drug-likeness (QED) is 0.720. The number of hydrogen-bond donors (Lipinski definition) is 2. The normalized spacial score (nSPS) is 15.7. The summed E-state index contributed by atoms with van der Waals surface area (Å²) < 4.78 is 5.38. The fourth-order valence-corrected chi connectivity index (χ4v) is 2.96. The van der Waals surface area contributed by atoms with Gasteiger partial charge in [0.15, 0.2) is 0 Å². The van der Waals surface area contributed by atoms with Gasteiger partial charge in [-0.2, -0.15) is 0 Å². The van der Waals surface area contributed by atoms with E-state index in [2.05, 4.69) is 34.4 Å². The van der Waals surface area contributed by atoms with E-state index in [1.54, 1.807) is 6.20 Å². The Balaban J connectivity index is 1.75. The topological polar surface area (TPSA) is 66.5 Å². The molecule has 6 nitrogen and oxygen atoms in total. The van der Waals surface area contributed by atoms with Crippen LogP contribution in [0.1, 0.15) is 45.1 Å². The van der Waals surface area contributed by atoms with Crippen molar-refractivity contribution in [3.63, 3.8) is 0 Å². The van der Waals surface area contributed by atoms with Crippen LogP contribution in [0.2, 0.25) is 0 Å². The molecule has 2 amide bonds. The zero-order valence-electron chi connectivity index (χ0n) is 15.6. The van der Waals surface area contributed by atoms with E-state index in [9.17, 15) is 4.79 Å². The summed E-state index contributed by atoms with van der Waals surface area (Å²) in [5.41, 5.74) is 1.06. The number of pyridine rings is 1. The predicted octanol–water partition coefficient (Wildman–Crippen LogP) is 2.93. The second-order valence-corrected chi connectivity index (χ2v) is 6.60. The average Bonchev–Trinajstić information content (AvgIpc) is 2.67. The summed E-state index contributed by atoms with van der Waals surface area (Å²) in [6, 6.07) is 3.89. The number of hydrogen-bond acceptors (Lipinski definition) is 4. The molecule has 2 heterocycles. The fourth-order valence-electron chi connectivity index (χ4n) is 2.96. The number of aromatic nitrogens is 1. The number of urea groups is 1. The maximum absolute atomic E-state index is 12.0. The number of anilines is 1. The molecule has 1 aliphatic heterocycles. The zero-order valence-corrected chi connectivity index (χ0v) is 15.6. The van der Waals surface area contributed by atoms with Crippen LogP contribution in [0.25, 0.3) is 0 Å². The largest absolute Gasteiger partial charge is 0.378 e. The number of ether oxygens (including phenoxy) is 1. The van der Waals surface area contributed by atoms with Gasteiger partial charge in [-0.3, -0.25) is 0 Å². The van der Waals surface area contributed by atoms with E-state index in [4.69, 9.17) is 4.74 Å². The van der Waals surface area contributed by atoms with Crippen molar-refractivity contribution in [3.8, 4) is 0 Å². The van der Waals surface area contributed by atoms with Gasteiger partial charge in [0.1, 0.15) is 5.82 Å². The molecule has 0 aliphatic carbocycles. The number of morpholine rings is 1. The third-order valence-electron chi connectivity index (χ3n) is 4.69. The highest BCUT2D eigenvalue weighted by atomic mass is 16.5. The molecule has 1 fully saturated rings. The number of carbonyl (C=O) groups excluding carboxylic acids is 1. The Labute approximate surface area is 151 Å². The second-order valence-electron chi connectivity index (χ2n) is 6.60. The first-order valence-corrected chi connectivity index (χ1v) is 9.52. The summed E-state index contributed by atoms with van der Waals surface area (Å²) in [6.07, 6.45) is 6.52. The highest BCUT2D eigenvalue weighted by molar-refractivity contribution is 5.73. The van der Waals surface area contributed by atoms with Crippen molar-refractivity contribution in [1.82, 2.24) is 15.6 Å². The van der Waals surface area contributed by atoms with Crippen molar-refractivity contribution in [3.05, 3.63) is 23.9 Å². The lowest BCUT2D eigenvalue weighted by Gasteiger charge is -2.28. The molecule has 1 saturated heterocycles. The van der Waals surface area contributed by atoms with Crippen LogP contribution in [0.4, 0.5) is 10.6 Å². The minimum Gasteiger partial charge on any atom is -0.378 e. The van der Waals surface area contributed by atoms with Gasteiger partial charge >= 0.3 is 6.03 Å². The van der Waals surface area contributed by atoms with Gasteiger partial charge in [-0.1, -0.05) is 33.1 Å². The highest BCUT2D eigenvalue weighted by Crippen LogP contribution is 2.14. The van der Waals surface area contributed by atoms with Gasteiger partial charge in [0.25, 0.3) is 0 Å². The van der Waals surface area contributed by atoms with Crippen LogP contribution < -0.4 is 15.5 Å². The standard InChI is InChI=1S/C19H32N4O2/c1-3-5-6-16(4-2)14-21-19(24)22-15-17-7-8-20-18(13-17)23-9-11-25-12-10-23/h7-8,13,16H,3-6,9-12,14-15H2,1-2H3,(H2,21,22,24). The molecular formula is C19H32N4O2. The molecule has 0 bridgehead atoms. The maximum Gasteiger partial charge on any atom is 0.315 e. The number of rotatable bonds is 9. The second kappa shape index (κ2) is 10.9. The Hall–Kier alpha value is -1.82. The molecule has 6 heteroatoms. The highest BCUT2D eigenvalue weighted by Gasteiger charge is 2.13. The maximum atomic E-state index is 12.0. The van der Waals surface area contributed by atoms with Crippen LogP contribution in [-0.4, -0.2) is 43.9 Å². The number of nitrogens with zero attached hydrogens (tertiary/aromatic N) is 2. The Bertz CT molecular complexity index is 518. The Morgan fingerprint density at radius 3 is 2.84 bits per heavy atom. The van der Waals surface area contributed by atoms with E-state index in [1.807, 2.05) is 12.1 Å². The molecule has 140 valence electrons. The Morgan fingerprint density at radius 2 is 2.12 bits per heavy atom. The summed E-state index contributed by atoms with van der Waals surface area (Å²) in [6.45, 7) is 8.85. The van der Waals surface area contributed by atoms with Gasteiger partial charge in [0.2, 0.25) is 0 Å². The first-order valence-electron chi connectivity index (χ1n) is 9.52. The molecule has 0 radical (unpaired) electrons. The van der Waals surface area contributed by atoms with E-state index < -0.39 is 0 Å². The minimum absolute atomic E-state index is 0.0975. The van der Waals surface area contributed by atoms with Crippen LogP contribution in [0.5, 0.6) is 0 Å². The number of carbonyl (C=O) groups is 1. The third-order valence-corrected chi connectivity index (χ3v) is 4.69. The molecule has 1 atom stereocenters. The SMILES string of the molecule is CCCCC(CC)CNC(=O)NCc1ccnc(N2CCOCC2)c1. The van der Waals surface area contributed by atoms with Crippen LogP contribution in [0.3, 0.4) is 0 Å². The van der Waals surface area contributed by atoms with Gasteiger partial charge in [0.05, 0.1) is 13.2 Å². The van der Waals surface area contributed by atoms with Crippen molar-refractivity contribution in [2.75, 3.05) is 37.7 Å². The molecule has 0 spiro atoms. The van der Waals surface area contributed by atoms with Crippen molar-refractivity contribution in [2.24, 2.45) is 5.92 Å². The number of unbranched alkanes of at least 4 members (excludes halogenated alkanes) is 1. The summed E-state index contributed by atoms with van der Waals surface area (Å²) >= 11 is 0. The molecular weight excluding hydrogens is 316 g/mol. The molecule has 0 saturated carbocycles. The van der Waals surface area contributed by atoms with E-state index >= 15 is 0 Å². The lowest BCUT2D eigenvalue weighted by atomic mass is 9.99. The first kappa shape index (κ1) is 19.5. The van der Waals surface area contributed by atoms with Gasteiger partial charge in [-0.05, 0) is 30.0 Å². The van der Waals surface area contributed by atoms with E-state index in [-0.39, 0.29) is 6.03 Å². The lowest BCUT2D eigenvalue weighted by Crippen LogP contribution is -2.38. The van der Waals surface area contributed by atoms with Crippen LogP contribution in [-0.2, 0) is 11.3 Å². The van der Waals surface area contributed by atoms with E-state index in [1.165, 1.54) is 19.3 Å². The van der Waals surface area contributed by atoms with Crippen LogP contribution in [0, 0.1) is 5.92 Å². The number of amides is 2. The molecule has 25 heavy (non-hydrogen) atoms. The van der Waals surface area contributed by atoms with Gasteiger partial charge in [-0.25, -0.2) is 9.78 Å². The summed E-state index contributed by atoms with van der Waals surface area (Å²) in [5, 5.41) is 5.94. The molecule has 2 N–H and O–H groups in total. The van der Waals surface area contributed by atoms with Crippen LogP contribution >= 0.6 is 0 Å². The van der Waals surface area contributed by atoms with Crippen molar-refractivity contribution >= 4 is 11.8 Å². The first-order chi connectivity index (χ1) is 12.2. The Kier molecular flexibility index (Phi) is 8.52. The zero-order chi connectivity index (χ0) is 17.9. The molecule has 0 aromatic carbocycles. The predicted molar refractivity (Wildman–Crippen MR) is 101 cm³/mol. The summed E-state index contributed by atoms with van der Waals surface area (Å²) in [4.78, 5) is 18.7. The lowest BCUT2D eigenvalue weighted by molar-refractivity contribution is 0.122. The van der Waals surface area contributed by atoms with Crippen molar-refractivity contribution < 1.29 is 9.53 Å². The van der Waals surface area contributed by atoms with E-state index in [0.29, 0.717) is 12.5 Å². The van der Waals surface area contributed by atoms with Crippen molar-refractivity contribution in [2.45, 2.75) is 46.1 Å². The number of nitrogens with one attached hydrogen (secondary N) is 2. The third kappa shape index (κ3) is 6.90. The molecule has 1 unspecified atom stereocenters. The smallest absolute Gasteiger partial charge is 0.315 e. The average molecular weight is 348 g/mol. The van der Waals surface area contributed by atoms with Gasteiger partial charge in [0, 0.05) is 32.4 Å². The summed E-state index contributed by atoms with van der Waals surface area (Å²) in [7, 11) is 0. The van der Waals surface area contributed by atoms with E-state index in [0.717, 1.165) is 50.7 Å². The molecule has 1 aliphatic rings. The molecule has 1 aromatic heterocycles. The monoisotopic (exact) mass is 348 g/mol.